The highest BCUT2D eigenvalue weighted by Crippen LogP contribution is 2.33. The molecule has 1 aliphatic heterocycles. The molecule has 0 unspecified atom stereocenters. The summed E-state index contributed by atoms with van der Waals surface area (Å²) >= 11 is 0. The lowest BCUT2D eigenvalue weighted by Gasteiger charge is -2.24. The van der Waals surface area contributed by atoms with Crippen molar-refractivity contribution in [3.63, 3.8) is 0 Å². The van der Waals surface area contributed by atoms with Gasteiger partial charge in [-0.25, -0.2) is 8.78 Å². The van der Waals surface area contributed by atoms with Gasteiger partial charge >= 0.3 is 6.18 Å². The maximum atomic E-state index is 13.8. The Kier molecular flexibility index (Phi) is 5.20. The number of hydrogen-bond acceptors (Lipinski definition) is 3. The third-order valence-electron chi connectivity index (χ3n) is 3.53. The van der Waals surface area contributed by atoms with Crippen LogP contribution in [0.3, 0.4) is 0 Å². The van der Waals surface area contributed by atoms with Crippen molar-refractivity contribution in [3.05, 3.63) is 35.4 Å². The first-order valence-electron chi connectivity index (χ1n) is 6.86. The number of amides is 1. The van der Waals surface area contributed by atoms with E-state index in [0.29, 0.717) is 0 Å². The van der Waals surface area contributed by atoms with Gasteiger partial charge in [0.15, 0.2) is 0 Å². The van der Waals surface area contributed by atoms with Gasteiger partial charge in [0.2, 0.25) is 5.91 Å². The van der Waals surface area contributed by atoms with Crippen LogP contribution in [0.4, 0.5) is 22.0 Å². The van der Waals surface area contributed by atoms with E-state index in [4.69, 9.17) is 0 Å². The van der Waals surface area contributed by atoms with Crippen molar-refractivity contribution in [2.45, 2.75) is 24.7 Å². The van der Waals surface area contributed by atoms with Crippen molar-refractivity contribution < 1.29 is 31.9 Å². The summed E-state index contributed by atoms with van der Waals surface area (Å²) in [7, 11) is 0. The zero-order valence-corrected chi connectivity index (χ0v) is 11.9. The van der Waals surface area contributed by atoms with Crippen LogP contribution in [0.5, 0.6) is 0 Å². The van der Waals surface area contributed by atoms with Crippen LogP contribution in [0.15, 0.2) is 18.2 Å². The first kappa shape index (κ1) is 17.6. The fraction of sp³-hybridized carbons (Fsp3) is 0.500. The lowest BCUT2D eigenvalue weighted by molar-refractivity contribution is -0.139. The number of nitrogens with zero attached hydrogens (tertiary/aromatic N) is 1. The molecular formula is C14H15F5N2O2. The highest BCUT2D eigenvalue weighted by atomic mass is 19.4. The lowest BCUT2D eigenvalue weighted by atomic mass is 10.0. The van der Waals surface area contributed by atoms with E-state index in [0.717, 1.165) is 18.2 Å². The minimum Gasteiger partial charge on any atom is -0.392 e. The molecule has 0 saturated carbocycles. The molecule has 0 radical (unpaired) electrons. The number of aliphatic hydroxyl groups is 1. The third-order valence-corrected chi connectivity index (χ3v) is 3.53. The van der Waals surface area contributed by atoms with Gasteiger partial charge in [-0.2, -0.15) is 13.2 Å². The van der Waals surface area contributed by atoms with E-state index in [1.54, 1.807) is 5.32 Å². The van der Waals surface area contributed by atoms with Gasteiger partial charge in [0.25, 0.3) is 0 Å². The fourth-order valence-corrected chi connectivity index (χ4v) is 2.59. The highest BCUT2D eigenvalue weighted by Gasteiger charge is 2.35. The number of halogens is 5. The molecule has 1 fully saturated rings. The van der Waals surface area contributed by atoms with Gasteiger partial charge < -0.3 is 10.4 Å². The molecule has 1 saturated heterocycles. The summed E-state index contributed by atoms with van der Waals surface area (Å²) < 4.78 is 63.3. The molecule has 0 aromatic heterocycles. The molecule has 1 aromatic carbocycles. The number of benzene rings is 1. The van der Waals surface area contributed by atoms with Gasteiger partial charge in [0.1, 0.15) is 18.2 Å². The molecule has 23 heavy (non-hydrogen) atoms. The van der Waals surface area contributed by atoms with Crippen molar-refractivity contribution in [1.82, 2.24) is 10.2 Å². The molecule has 0 spiro atoms. The van der Waals surface area contributed by atoms with Crippen LogP contribution in [0.25, 0.3) is 0 Å². The molecule has 1 aliphatic rings. The summed E-state index contributed by atoms with van der Waals surface area (Å²) in [5, 5.41) is 11.4. The van der Waals surface area contributed by atoms with Crippen molar-refractivity contribution in [3.8, 4) is 0 Å². The molecule has 1 heterocycles. The van der Waals surface area contributed by atoms with E-state index in [2.05, 4.69) is 0 Å². The van der Waals surface area contributed by atoms with Crippen LogP contribution in [0.2, 0.25) is 0 Å². The number of rotatable bonds is 4. The number of nitrogens with one attached hydrogen (secondary N) is 1. The maximum Gasteiger partial charge on any atom is 0.405 e. The average molecular weight is 338 g/mol. The number of aliphatic hydroxyl groups excluding tert-OH is 1. The summed E-state index contributed by atoms with van der Waals surface area (Å²) in [6, 6.07) is 2.04. The second kappa shape index (κ2) is 6.79. The molecule has 2 atom stereocenters. The quantitative estimate of drug-likeness (QED) is 0.823. The summed E-state index contributed by atoms with van der Waals surface area (Å²) in [4.78, 5) is 12.9. The van der Waals surface area contributed by atoms with Crippen LogP contribution < -0.4 is 5.32 Å². The molecule has 2 N–H and O–H groups in total. The second-order valence-electron chi connectivity index (χ2n) is 5.39. The normalized spacial score (nSPS) is 22.3. The van der Waals surface area contributed by atoms with Gasteiger partial charge in [-0.05, 0) is 24.6 Å². The third kappa shape index (κ3) is 4.87. The molecule has 0 bridgehead atoms. The largest absolute Gasteiger partial charge is 0.405 e. The zero-order valence-electron chi connectivity index (χ0n) is 11.9. The van der Waals surface area contributed by atoms with Crippen molar-refractivity contribution >= 4 is 5.91 Å². The Morgan fingerprint density at radius 1 is 1.35 bits per heavy atom. The zero-order chi connectivity index (χ0) is 17.2. The molecule has 9 heteroatoms. The fourth-order valence-electron chi connectivity index (χ4n) is 2.59. The molecule has 1 aromatic rings. The van der Waals surface area contributed by atoms with Gasteiger partial charge in [0, 0.05) is 18.2 Å². The Labute approximate surface area is 128 Å². The van der Waals surface area contributed by atoms with Crippen LogP contribution in [0, 0.1) is 11.6 Å². The average Bonchev–Trinajstić information content (AvgIpc) is 2.79. The number of likely N-dealkylation sites (tertiary alicyclic amines) is 1. The predicted molar refractivity (Wildman–Crippen MR) is 70.4 cm³/mol. The van der Waals surface area contributed by atoms with Crippen LogP contribution in [0.1, 0.15) is 18.0 Å². The molecule has 0 aliphatic carbocycles. The SMILES string of the molecule is O=C(CN1C[C@H](O)C[C@H]1c1cc(F)ccc1F)NCC(F)(F)F. The topological polar surface area (TPSA) is 52.6 Å². The molecular weight excluding hydrogens is 323 g/mol. The van der Waals surface area contributed by atoms with Crippen LogP contribution in [-0.2, 0) is 4.79 Å². The highest BCUT2D eigenvalue weighted by molar-refractivity contribution is 5.78. The molecule has 128 valence electrons. The summed E-state index contributed by atoms with van der Waals surface area (Å²) in [6.07, 6.45) is -5.35. The Morgan fingerprint density at radius 3 is 2.70 bits per heavy atom. The second-order valence-corrected chi connectivity index (χ2v) is 5.39. The smallest absolute Gasteiger partial charge is 0.392 e. The number of alkyl halides is 3. The summed E-state index contributed by atoms with van der Waals surface area (Å²) in [5.41, 5.74) is -0.0369. The molecule has 4 nitrogen and oxygen atoms in total. The lowest BCUT2D eigenvalue weighted by Crippen LogP contribution is -2.41. The van der Waals surface area contributed by atoms with Crippen LogP contribution in [-0.4, -0.2) is 47.8 Å². The van der Waals surface area contributed by atoms with E-state index >= 15 is 0 Å². The van der Waals surface area contributed by atoms with Crippen molar-refractivity contribution in [2.75, 3.05) is 19.6 Å². The first-order valence-corrected chi connectivity index (χ1v) is 6.86. The Bertz CT molecular complexity index is 579. The maximum absolute atomic E-state index is 13.8. The number of β-amino-alcohol motifs (C(OH)–C–C–N with tert-alkyl or cyclic N) is 1. The number of carbonyl (C=O) groups excluding carboxylic acids is 1. The number of hydrogen-bond donors (Lipinski definition) is 2. The Balaban J connectivity index is 2.08. The predicted octanol–water partition coefficient (Wildman–Crippen LogP) is 1.75. The molecule has 1 amide bonds. The van der Waals surface area contributed by atoms with Crippen molar-refractivity contribution in [2.24, 2.45) is 0 Å². The van der Waals surface area contributed by atoms with E-state index < -0.39 is 49.0 Å². The number of carbonyl (C=O) groups is 1. The van der Waals surface area contributed by atoms with E-state index in [1.165, 1.54) is 4.90 Å². The Hall–Kier alpha value is -1.74. The van der Waals surface area contributed by atoms with E-state index in [1.807, 2.05) is 0 Å². The van der Waals surface area contributed by atoms with Gasteiger partial charge in [-0.1, -0.05) is 0 Å². The molecule has 2 rings (SSSR count). The minimum absolute atomic E-state index is 0.0138. The summed E-state index contributed by atoms with van der Waals surface area (Å²) in [6.45, 7) is -1.94. The summed E-state index contributed by atoms with van der Waals surface area (Å²) in [5.74, 6) is -2.28. The van der Waals surface area contributed by atoms with Gasteiger partial charge in [-0.15, -0.1) is 0 Å². The first-order chi connectivity index (χ1) is 10.7. The Morgan fingerprint density at radius 2 is 2.04 bits per heavy atom. The monoisotopic (exact) mass is 338 g/mol. The van der Waals surface area contributed by atoms with E-state index in [9.17, 15) is 31.9 Å². The van der Waals surface area contributed by atoms with Gasteiger partial charge in [0.05, 0.1) is 12.6 Å². The van der Waals surface area contributed by atoms with Crippen LogP contribution >= 0.6 is 0 Å². The van der Waals surface area contributed by atoms with Gasteiger partial charge in [-0.3, -0.25) is 9.69 Å². The van der Waals surface area contributed by atoms with Crippen molar-refractivity contribution in [1.29, 1.82) is 0 Å². The minimum atomic E-state index is -4.53. The van der Waals surface area contributed by atoms with E-state index in [-0.39, 0.29) is 18.5 Å². The standard InChI is InChI=1S/C14H15F5N2O2/c15-8-1-2-11(16)10(3-8)12-4-9(22)5-21(12)6-13(23)20-7-14(17,18)19/h1-3,9,12,22H,4-7H2,(H,20,23)/t9-,12+/m1/s1.